The Hall–Kier alpha value is -2.03. The zero-order valence-corrected chi connectivity index (χ0v) is 18.8. The SMILES string of the molecule is CCOC(=O)c1c(CC(C)C)csc1NC(=O)CSc1nc2ccc(Cl)cc2[nH]1. The Morgan fingerprint density at radius 3 is 2.90 bits per heavy atom. The van der Waals surface area contributed by atoms with Gasteiger partial charge in [-0.3, -0.25) is 4.79 Å². The number of halogens is 1. The summed E-state index contributed by atoms with van der Waals surface area (Å²) in [6, 6.07) is 5.39. The smallest absolute Gasteiger partial charge is 0.341 e. The fourth-order valence-corrected chi connectivity index (χ4v) is 4.66. The molecule has 0 fully saturated rings. The van der Waals surface area contributed by atoms with Crippen molar-refractivity contribution in [2.45, 2.75) is 32.3 Å². The molecule has 1 aromatic carbocycles. The molecule has 2 N–H and O–H groups in total. The molecular weight excluding hydrogens is 430 g/mol. The van der Waals surface area contributed by atoms with Crippen LogP contribution in [-0.2, 0) is 16.0 Å². The number of hydrogen-bond acceptors (Lipinski definition) is 6. The number of amides is 1. The van der Waals surface area contributed by atoms with E-state index < -0.39 is 5.97 Å². The molecule has 1 amide bonds. The van der Waals surface area contributed by atoms with E-state index in [-0.39, 0.29) is 18.3 Å². The fourth-order valence-electron chi connectivity index (χ4n) is 2.83. The number of esters is 1. The molecule has 0 aliphatic carbocycles. The number of carbonyl (C=O) groups is 2. The van der Waals surface area contributed by atoms with E-state index in [0.717, 1.165) is 23.0 Å². The zero-order valence-electron chi connectivity index (χ0n) is 16.4. The van der Waals surface area contributed by atoms with Crippen molar-refractivity contribution in [3.05, 3.63) is 39.7 Å². The van der Waals surface area contributed by atoms with Crippen molar-refractivity contribution in [2.24, 2.45) is 5.92 Å². The third kappa shape index (κ3) is 5.52. The monoisotopic (exact) mass is 451 g/mol. The van der Waals surface area contributed by atoms with Gasteiger partial charge in [0.2, 0.25) is 5.91 Å². The Balaban J connectivity index is 1.69. The molecule has 154 valence electrons. The molecule has 0 aliphatic rings. The molecule has 6 nitrogen and oxygen atoms in total. The summed E-state index contributed by atoms with van der Waals surface area (Å²) in [5, 5.41) is 6.55. The summed E-state index contributed by atoms with van der Waals surface area (Å²) in [6.45, 7) is 6.22. The summed E-state index contributed by atoms with van der Waals surface area (Å²) < 4.78 is 5.19. The van der Waals surface area contributed by atoms with E-state index in [1.807, 2.05) is 11.4 Å². The summed E-state index contributed by atoms with van der Waals surface area (Å²) in [5.41, 5.74) is 2.97. The van der Waals surface area contributed by atoms with Crippen molar-refractivity contribution in [3.63, 3.8) is 0 Å². The first-order chi connectivity index (χ1) is 13.9. The number of nitrogens with one attached hydrogen (secondary N) is 2. The molecule has 29 heavy (non-hydrogen) atoms. The summed E-state index contributed by atoms with van der Waals surface area (Å²) in [5.74, 6) is -0.0651. The van der Waals surface area contributed by atoms with Crippen molar-refractivity contribution in [1.29, 1.82) is 0 Å². The number of rotatable bonds is 8. The number of ether oxygens (including phenoxy) is 1. The molecule has 3 aromatic rings. The summed E-state index contributed by atoms with van der Waals surface area (Å²) in [6.07, 6.45) is 0.747. The molecular formula is C20H22ClN3O3S2. The van der Waals surface area contributed by atoms with E-state index in [1.165, 1.54) is 23.1 Å². The minimum absolute atomic E-state index is 0.160. The minimum atomic E-state index is -0.401. The van der Waals surface area contributed by atoms with Crippen LogP contribution < -0.4 is 5.32 Å². The van der Waals surface area contributed by atoms with Gasteiger partial charge in [0.05, 0.1) is 29.0 Å². The number of aromatic nitrogens is 2. The third-order valence-electron chi connectivity index (χ3n) is 3.99. The highest BCUT2D eigenvalue weighted by Crippen LogP contribution is 2.31. The summed E-state index contributed by atoms with van der Waals surface area (Å²) >= 11 is 8.62. The van der Waals surface area contributed by atoms with E-state index in [2.05, 4.69) is 29.1 Å². The van der Waals surface area contributed by atoms with Crippen molar-refractivity contribution >= 4 is 62.6 Å². The molecule has 0 spiro atoms. The molecule has 3 rings (SSSR count). The topological polar surface area (TPSA) is 84.1 Å². The van der Waals surface area contributed by atoms with E-state index in [9.17, 15) is 9.59 Å². The van der Waals surface area contributed by atoms with Crippen LogP contribution in [0, 0.1) is 5.92 Å². The first kappa shape index (κ1) is 21.7. The number of thiophene rings is 1. The van der Waals surface area contributed by atoms with Gasteiger partial charge in [0.25, 0.3) is 0 Å². The number of hydrogen-bond donors (Lipinski definition) is 2. The number of fused-ring (bicyclic) bond motifs is 1. The Bertz CT molecular complexity index is 1030. The Morgan fingerprint density at radius 2 is 2.17 bits per heavy atom. The maximum Gasteiger partial charge on any atom is 0.341 e. The van der Waals surface area contributed by atoms with Crippen LogP contribution in [0.2, 0.25) is 5.02 Å². The van der Waals surface area contributed by atoms with Crippen molar-refractivity contribution in [2.75, 3.05) is 17.7 Å². The number of carbonyl (C=O) groups excluding carboxylic acids is 2. The van der Waals surface area contributed by atoms with Crippen LogP contribution in [0.5, 0.6) is 0 Å². The lowest BCUT2D eigenvalue weighted by molar-refractivity contribution is -0.113. The molecule has 0 atom stereocenters. The van der Waals surface area contributed by atoms with Crippen molar-refractivity contribution in [1.82, 2.24) is 9.97 Å². The maximum absolute atomic E-state index is 12.5. The highest BCUT2D eigenvalue weighted by molar-refractivity contribution is 7.99. The molecule has 0 aliphatic heterocycles. The van der Waals surface area contributed by atoms with Gasteiger partial charge in [-0.15, -0.1) is 11.3 Å². The van der Waals surface area contributed by atoms with Crippen molar-refractivity contribution < 1.29 is 14.3 Å². The van der Waals surface area contributed by atoms with Gasteiger partial charge in [-0.05, 0) is 48.4 Å². The van der Waals surface area contributed by atoms with E-state index in [1.54, 1.807) is 19.1 Å². The molecule has 2 heterocycles. The van der Waals surface area contributed by atoms with Gasteiger partial charge in [-0.25, -0.2) is 9.78 Å². The Morgan fingerprint density at radius 1 is 1.38 bits per heavy atom. The van der Waals surface area contributed by atoms with E-state index in [0.29, 0.717) is 26.7 Å². The maximum atomic E-state index is 12.5. The normalized spacial score (nSPS) is 11.2. The first-order valence-corrected chi connectivity index (χ1v) is 11.5. The number of H-pyrrole nitrogens is 1. The highest BCUT2D eigenvalue weighted by atomic mass is 35.5. The number of imidazole rings is 1. The van der Waals surface area contributed by atoms with Crippen LogP contribution in [0.3, 0.4) is 0 Å². The summed E-state index contributed by atoms with van der Waals surface area (Å²) in [4.78, 5) is 32.5. The quantitative estimate of drug-likeness (QED) is 0.354. The Labute approximate surface area is 182 Å². The van der Waals surface area contributed by atoms with Gasteiger partial charge in [-0.1, -0.05) is 37.2 Å². The van der Waals surface area contributed by atoms with Gasteiger partial charge >= 0.3 is 5.97 Å². The number of aromatic amines is 1. The molecule has 0 bridgehead atoms. The van der Waals surface area contributed by atoms with Gasteiger partial charge in [0.1, 0.15) is 5.00 Å². The summed E-state index contributed by atoms with van der Waals surface area (Å²) in [7, 11) is 0. The predicted octanol–water partition coefficient (Wildman–Crippen LogP) is 5.38. The molecule has 2 aromatic heterocycles. The molecule has 0 saturated carbocycles. The van der Waals surface area contributed by atoms with E-state index in [4.69, 9.17) is 16.3 Å². The second-order valence-electron chi connectivity index (χ2n) is 6.82. The number of thioether (sulfide) groups is 1. The third-order valence-corrected chi connectivity index (χ3v) is 6.04. The average Bonchev–Trinajstić information content (AvgIpc) is 3.23. The average molecular weight is 452 g/mol. The van der Waals surface area contributed by atoms with Gasteiger partial charge in [0, 0.05) is 5.02 Å². The Kier molecular flexibility index (Phi) is 7.21. The number of anilines is 1. The number of nitrogens with zero attached hydrogens (tertiary/aromatic N) is 1. The molecule has 9 heteroatoms. The molecule has 0 radical (unpaired) electrons. The largest absolute Gasteiger partial charge is 0.462 e. The van der Waals surface area contributed by atoms with Crippen LogP contribution in [0.25, 0.3) is 11.0 Å². The van der Waals surface area contributed by atoms with Crippen LogP contribution in [0.15, 0.2) is 28.7 Å². The predicted molar refractivity (Wildman–Crippen MR) is 119 cm³/mol. The second kappa shape index (κ2) is 9.65. The fraction of sp³-hybridized carbons (Fsp3) is 0.350. The lowest BCUT2D eigenvalue weighted by atomic mass is 10.0. The van der Waals surface area contributed by atoms with Crippen LogP contribution in [-0.4, -0.2) is 34.2 Å². The van der Waals surface area contributed by atoms with Gasteiger partial charge in [-0.2, -0.15) is 0 Å². The zero-order chi connectivity index (χ0) is 21.0. The van der Waals surface area contributed by atoms with Crippen molar-refractivity contribution in [3.8, 4) is 0 Å². The van der Waals surface area contributed by atoms with Crippen LogP contribution in [0.1, 0.15) is 36.7 Å². The highest BCUT2D eigenvalue weighted by Gasteiger charge is 2.22. The minimum Gasteiger partial charge on any atom is -0.462 e. The first-order valence-electron chi connectivity index (χ1n) is 9.22. The van der Waals surface area contributed by atoms with Crippen LogP contribution in [0.4, 0.5) is 5.00 Å². The lowest BCUT2D eigenvalue weighted by Crippen LogP contribution is -2.17. The van der Waals surface area contributed by atoms with Gasteiger partial charge < -0.3 is 15.0 Å². The second-order valence-corrected chi connectivity index (χ2v) is 9.10. The standard InChI is InChI=1S/C20H22ClN3O3S2/c1-4-27-19(26)17-12(7-11(2)3)9-28-18(17)24-16(25)10-29-20-22-14-6-5-13(21)8-15(14)23-20/h5-6,8-9,11H,4,7,10H2,1-3H3,(H,22,23)(H,24,25). The molecule has 0 unspecified atom stereocenters. The van der Waals surface area contributed by atoms with Crippen LogP contribution >= 0.6 is 34.7 Å². The molecule has 0 saturated heterocycles. The van der Waals surface area contributed by atoms with E-state index >= 15 is 0 Å². The van der Waals surface area contributed by atoms with Gasteiger partial charge in [0.15, 0.2) is 5.16 Å². The number of benzene rings is 1. The lowest BCUT2D eigenvalue weighted by Gasteiger charge is -2.09.